The molecule has 0 unspecified atom stereocenters. The number of halogens is 2. The Kier molecular flexibility index (Phi) is 8.06. The van der Waals surface area contributed by atoms with Gasteiger partial charge in [0.05, 0.1) is 32.7 Å². The quantitative estimate of drug-likeness (QED) is 0.344. The van der Waals surface area contributed by atoms with Crippen molar-refractivity contribution in [3.8, 4) is 0 Å². The first-order valence-electron chi connectivity index (χ1n) is 6.65. The van der Waals surface area contributed by atoms with E-state index in [-0.39, 0.29) is 5.54 Å². The third-order valence-electron chi connectivity index (χ3n) is 3.40. The van der Waals surface area contributed by atoms with Crippen LogP contribution in [-0.4, -0.2) is 41.1 Å². The first-order valence-corrected chi connectivity index (χ1v) is 7.33. The lowest BCUT2D eigenvalue weighted by Crippen LogP contribution is -2.45. The summed E-state index contributed by atoms with van der Waals surface area (Å²) in [6, 6.07) is 0. The van der Waals surface area contributed by atoms with E-state index in [0.29, 0.717) is 0 Å². The molecule has 0 heterocycles. The maximum Gasteiger partial charge on any atom is 0.0801 e. The van der Waals surface area contributed by atoms with Crippen molar-refractivity contribution < 1.29 is 4.48 Å². The topological polar surface area (TPSA) is 3.24 Å². The molecule has 0 aromatic rings. The van der Waals surface area contributed by atoms with Crippen LogP contribution in [0.4, 0.5) is 0 Å². The predicted octanol–water partition coefficient (Wildman–Crippen LogP) is 4.42. The molecule has 0 N–H and O–H groups in total. The van der Waals surface area contributed by atoms with Gasteiger partial charge >= 0.3 is 0 Å². The van der Waals surface area contributed by atoms with Crippen LogP contribution in [0.1, 0.15) is 52.9 Å². The molecule has 0 aliphatic rings. The Morgan fingerprint density at radius 3 is 2.06 bits per heavy atom. The Labute approximate surface area is 118 Å². The van der Waals surface area contributed by atoms with Gasteiger partial charge in [-0.2, -0.15) is 0 Å². The highest BCUT2D eigenvalue weighted by molar-refractivity contribution is 6.34. The molecule has 104 valence electrons. The van der Waals surface area contributed by atoms with E-state index in [1.54, 1.807) is 0 Å². The van der Waals surface area contributed by atoms with Crippen LogP contribution in [0.25, 0.3) is 0 Å². The standard InChI is InChI=1S/C13H29Cl2N2/c1-6-7-8-9-11-17(4,5)12-10-13(2,3)16(14)15/h6-12H2,1-5H3/q+1. The number of quaternary nitrogens is 1. The van der Waals surface area contributed by atoms with Gasteiger partial charge in [-0.1, -0.05) is 19.8 Å². The van der Waals surface area contributed by atoms with Crippen molar-refractivity contribution >= 4 is 23.6 Å². The molecule has 0 saturated carbocycles. The molecule has 0 fully saturated rings. The number of hydrogen-bond acceptors (Lipinski definition) is 1. The van der Waals surface area contributed by atoms with Gasteiger partial charge in [0.15, 0.2) is 0 Å². The molecule has 0 saturated heterocycles. The van der Waals surface area contributed by atoms with E-state index in [1.165, 1.54) is 36.2 Å². The van der Waals surface area contributed by atoms with E-state index < -0.39 is 0 Å². The summed E-state index contributed by atoms with van der Waals surface area (Å²) >= 11 is 11.7. The van der Waals surface area contributed by atoms with Gasteiger partial charge in [-0.15, -0.1) is 3.94 Å². The number of rotatable bonds is 9. The highest BCUT2D eigenvalue weighted by atomic mass is 35.5. The van der Waals surface area contributed by atoms with Gasteiger partial charge in [-0.05, 0) is 50.2 Å². The number of unbranched alkanes of at least 4 members (excludes halogenated alkanes) is 3. The zero-order valence-corrected chi connectivity index (χ0v) is 13.6. The Morgan fingerprint density at radius 1 is 1.00 bits per heavy atom. The van der Waals surface area contributed by atoms with Gasteiger partial charge in [0.2, 0.25) is 0 Å². The second-order valence-corrected chi connectivity index (χ2v) is 7.09. The minimum absolute atomic E-state index is 0.151. The molecule has 0 rings (SSSR count). The molecule has 0 aromatic carbocycles. The summed E-state index contributed by atoms with van der Waals surface area (Å²) in [6.45, 7) is 8.74. The van der Waals surface area contributed by atoms with E-state index in [2.05, 4.69) is 34.9 Å². The SMILES string of the molecule is CCCCCC[N+](C)(C)CCC(C)(C)N(Cl)Cl. The summed E-state index contributed by atoms with van der Waals surface area (Å²) in [5.74, 6) is 0. The van der Waals surface area contributed by atoms with Crippen molar-refractivity contribution in [2.75, 3.05) is 27.2 Å². The highest BCUT2D eigenvalue weighted by Gasteiger charge is 2.28. The van der Waals surface area contributed by atoms with Crippen LogP contribution in [0, 0.1) is 0 Å². The van der Waals surface area contributed by atoms with Gasteiger partial charge in [-0.25, -0.2) is 0 Å². The molecule has 0 atom stereocenters. The lowest BCUT2D eigenvalue weighted by molar-refractivity contribution is -0.891. The summed E-state index contributed by atoms with van der Waals surface area (Å²) in [5, 5.41) is 0. The van der Waals surface area contributed by atoms with Crippen molar-refractivity contribution in [3.05, 3.63) is 0 Å². The van der Waals surface area contributed by atoms with Crippen molar-refractivity contribution in [3.63, 3.8) is 0 Å². The van der Waals surface area contributed by atoms with E-state index in [9.17, 15) is 0 Å². The zero-order chi connectivity index (χ0) is 13.5. The van der Waals surface area contributed by atoms with Crippen molar-refractivity contribution in [2.45, 2.75) is 58.4 Å². The Hall–Kier alpha value is 0.500. The zero-order valence-electron chi connectivity index (χ0n) is 12.1. The van der Waals surface area contributed by atoms with Crippen molar-refractivity contribution in [2.24, 2.45) is 0 Å². The predicted molar refractivity (Wildman–Crippen MR) is 78.2 cm³/mol. The second-order valence-electron chi connectivity index (χ2n) is 6.24. The fourth-order valence-corrected chi connectivity index (χ4v) is 1.91. The largest absolute Gasteiger partial charge is 0.328 e. The van der Waals surface area contributed by atoms with Crippen LogP contribution in [0.15, 0.2) is 0 Å². The summed E-state index contributed by atoms with van der Waals surface area (Å²) in [5.41, 5.74) is -0.151. The fraction of sp³-hybridized carbons (Fsp3) is 1.00. The summed E-state index contributed by atoms with van der Waals surface area (Å²) in [6.07, 6.45) is 6.31. The monoisotopic (exact) mass is 283 g/mol. The summed E-state index contributed by atoms with van der Waals surface area (Å²) in [4.78, 5) is 0. The molecule has 0 bridgehead atoms. The molecule has 0 radical (unpaired) electrons. The van der Waals surface area contributed by atoms with Gasteiger partial charge in [0.25, 0.3) is 0 Å². The minimum atomic E-state index is -0.151. The molecule has 0 amide bonds. The van der Waals surface area contributed by atoms with Crippen molar-refractivity contribution in [1.29, 1.82) is 0 Å². The van der Waals surface area contributed by atoms with Gasteiger partial charge in [0, 0.05) is 6.42 Å². The smallest absolute Gasteiger partial charge is 0.0801 e. The van der Waals surface area contributed by atoms with E-state index >= 15 is 0 Å². The molecule has 17 heavy (non-hydrogen) atoms. The maximum absolute atomic E-state index is 5.84. The van der Waals surface area contributed by atoms with Crippen LogP contribution in [0.3, 0.4) is 0 Å². The average molecular weight is 284 g/mol. The van der Waals surface area contributed by atoms with Crippen LogP contribution in [0.2, 0.25) is 0 Å². The molecule has 2 nitrogen and oxygen atoms in total. The molecule has 0 spiro atoms. The molecule has 0 aliphatic heterocycles. The first kappa shape index (κ1) is 17.5. The second kappa shape index (κ2) is 7.83. The Balaban J connectivity index is 3.92. The maximum atomic E-state index is 5.84. The van der Waals surface area contributed by atoms with Crippen LogP contribution in [-0.2, 0) is 0 Å². The summed E-state index contributed by atoms with van der Waals surface area (Å²) < 4.78 is 2.33. The lowest BCUT2D eigenvalue weighted by Gasteiger charge is -2.35. The average Bonchev–Trinajstić information content (AvgIpc) is 2.22. The fourth-order valence-electron chi connectivity index (χ4n) is 1.74. The highest BCUT2D eigenvalue weighted by Crippen LogP contribution is 2.24. The third kappa shape index (κ3) is 8.25. The minimum Gasteiger partial charge on any atom is -0.328 e. The normalized spacial score (nSPS) is 13.4. The van der Waals surface area contributed by atoms with Gasteiger partial charge in [-0.3, -0.25) is 0 Å². The van der Waals surface area contributed by atoms with Gasteiger partial charge in [0.1, 0.15) is 0 Å². The summed E-state index contributed by atoms with van der Waals surface area (Å²) in [7, 11) is 4.57. The molecule has 4 heteroatoms. The van der Waals surface area contributed by atoms with Crippen LogP contribution >= 0.6 is 23.6 Å². The Bertz CT molecular complexity index is 204. The molecule has 0 aliphatic carbocycles. The molecular weight excluding hydrogens is 255 g/mol. The molecular formula is C13H29Cl2N2+. The van der Waals surface area contributed by atoms with E-state index in [1.807, 2.05) is 0 Å². The third-order valence-corrected chi connectivity index (χ3v) is 4.32. The van der Waals surface area contributed by atoms with Crippen LogP contribution in [0.5, 0.6) is 0 Å². The molecule has 0 aromatic heterocycles. The number of hydrogen-bond donors (Lipinski definition) is 0. The van der Waals surface area contributed by atoms with E-state index in [0.717, 1.165) is 17.4 Å². The Morgan fingerprint density at radius 2 is 1.59 bits per heavy atom. The van der Waals surface area contributed by atoms with Crippen molar-refractivity contribution in [1.82, 2.24) is 3.94 Å². The first-order chi connectivity index (χ1) is 7.71. The van der Waals surface area contributed by atoms with Gasteiger partial charge < -0.3 is 4.48 Å². The number of nitrogens with zero attached hydrogens (tertiary/aromatic N) is 2. The lowest BCUT2D eigenvalue weighted by atomic mass is 10.0. The van der Waals surface area contributed by atoms with Crippen LogP contribution < -0.4 is 0 Å². The van der Waals surface area contributed by atoms with E-state index in [4.69, 9.17) is 23.6 Å².